The summed E-state index contributed by atoms with van der Waals surface area (Å²) in [6.07, 6.45) is 6.15. The molecule has 0 radical (unpaired) electrons. The zero-order chi connectivity index (χ0) is 26.9. The summed E-state index contributed by atoms with van der Waals surface area (Å²) in [6, 6.07) is -3.26. The molecule has 0 unspecified atom stereocenters. The second kappa shape index (κ2) is 13.2. The summed E-state index contributed by atoms with van der Waals surface area (Å²) in [5.41, 5.74) is 0.549. The van der Waals surface area contributed by atoms with Gasteiger partial charge in [-0.15, -0.1) is 0 Å². The largest absolute Gasteiger partial charge is 0.480 e. The van der Waals surface area contributed by atoms with E-state index in [2.05, 4.69) is 31.2 Å². The minimum atomic E-state index is -1.21. The summed E-state index contributed by atoms with van der Waals surface area (Å²) < 4.78 is 0. The third-order valence-corrected chi connectivity index (χ3v) is 7.05. The van der Waals surface area contributed by atoms with Gasteiger partial charge in [-0.1, -0.05) is 20.3 Å². The Labute approximate surface area is 215 Å². The first-order valence-electron chi connectivity index (χ1n) is 12.8. The highest BCUT2D eigenvalue weighted by atomic mass is 16.4. The van der Waals surface area contributed by atoms with Crippen LogP contribution in [-0.4, -0.2) is 93.4 Å². The standard InChI is InChI=1S/C24H37N7O6/c1-3-14(2)20(23(35)29-17(24(36)37)10-15-11-25-13-28-15)30-22(34)18-7-5-9-31(18)19(32)12-27-21(33)16-6-4-8-26-16/h11,13-14,16-18,20,26H,3-10,12H2,1-2H3,(H,25,28)(H,27,33)(H,29,35)(H,30,34)(H,36,37)/t14-,16-,17-,18-,20-/m0/s1. The Kier molecular flexibility index (Phi) is 10.0. The third-order valence-electron chi connectivity index (χ3n) is 7.05. The van der Waals surface area contributed by atoms with Gasteiger partial charge in [0.15, 0.2) is 0 Å². The van der Waals surface area contributed by atoms with Gasteiger partial charge in [-0.2, -0.15) is 0 Å². The molecule has 2 aliphatic rings. The summed E-state index contributed by atoms with van der Waals surface area (Å²) >= 11 is 0. The molecule has 2 saturated heterocycles. The van der Waals surface area contributed by atoms with Crippen molar-refractivity contribution in [3.63, 3.8) is 0 Å². The summed E-state index contributed by atoms with van der Waals surface area (Å²) in [7, 11) is 0. The number of carbonyl (C=O) groups is 5. The van der Waals surface area contributed by atoms with Crippen molar-refractivity contribution in [3.8, 4) is 0 Å². The average molecular weight is 520 g/mol. The smallest absolute Gasteiger partial charge is 0.326 e. The number of hydrogen-bond donors (Lipinski definition) is 6. The molecule has 6 N–H and O–H groups in total. The van der Waals surface area contributed by atoms with E-state index < -0.39 is 35.9 Å². The molecule has 0 bridgehead atoms. The van der Waals surface area contributed by atoms with Gasteiger partial charge < -0.3 is 36.3 Å². The number of rotatable bonds is 12. The number of nitrogens with zero attached hydrogens (tertiary/aromatic N) is 2. The predicted octanol–water partition coefficient (Wildman–Crippen LogP) is -1.09. The molecule has 0 aromatic carbocycles. The first-order chi connectivity index (χ1) is 17.7. The lowest BCUT2D eigenvalue weighted by Crippen LogP contribution is -2.58. The fourth-order valence-corrected chi connectivity index (χ4v) is 4.66. The number of H-pyrrole nitrogens is 1. The molecule has 2 aliphatic heterocycles. The first-order valence-corrected chi connectivity index (χ1v) is 12.8. The maximum atomic E-state index is 13.2. The van der Waals surface area contributed by atoms with Crippen molar-refractivity contribution in [2.45, 2.75) is 76.5 Å². The molecular weight excluding hydrogens is 482 g/mol. The van der Waals surface area contributed by atoms with Crippen molar-refractivity contribution in [1.29, 1.82) is 0 Å². The zero-order valence-corrected chi connectivity index (χ0v) is 21.3. The van der Waals surface area contributed by atoms with Gasteiger partial charge in [0.1, 0.15) is 18.1 Å². The van der Waals surface area contributed by atoms with Crippen molar-refractivity contribution >= 4 is 29.6 Å². The minimum Gasteiger partial charge on any atom is -0.480 e. The van der Waals surface area contributed by atoms with E-state index in [-0.39, 0.29) is 36.7 Å². The van der Waals surface area contributed by atoms with E-state index in [1.165, 1.54) is 17.4 Å². The monoisotopic (exact) mass is 519 g/mol. The Balaban J connectivity index is 1.60. The van der Waals surface area contributed by atoms with Crippen molar-refractivity contribution in [1.82, 2.24) is 36.1 Å². The first kappa shape index (κ1) is 28.1. The van der Waals surface area contributed by atoms with E-state index in [0.717, 1.165) is 19.4 Å². The molecule has 2 fully saturated rings. The molecule has 4 amide bonds. The van der Waals surface area contributed by atoms with Crippen LogP contribution in [0.5, 0.6) is 0 Å². The topological polar surface area (TPSA) is 186 Å². The lowest BCUT2D eigenvalue weighted by Gasteiger charge is -2.29. The fraction of sp³-hybridized carbons (Fsp3) is 0.667. The van der Waals surface area contributed by atoms with Crippen LogP contribution in [0.25, 0.3) is 0 Å². The van der Waals surface area contributed by atoms with Crippen LogP contribution in [0, 0.1) is 5.92 Å². The van der Waals surface area contributed by atoms with E-state index >= 15 is 0 Å². The molecule has 3 rings (SSSR count). The second-order valence-corrected chi connectivity index (χ2v) is 9.66. The maximum absolute atomic E-state index is 13.2. The van der Waals surface area contributed by atoms with Crippen molar-refractivity contribution in [2.75, 3.05) is 19.6 Å². The lowest BCUT2D eigenvalue weighted by atomic mass is 9.97. The average Bonchev–Trinajstić information content (AvgIpc) is 3.67. The van der Waals surface area contributed by atoms with E-state index in [0.29, 0.717) is 31.5 Å². The predicted molar refractivity (Wildman–Crippen MR) is 132 cm³/mol. The number of aromatic nitrogens is 2. The Morgan fingerprint density at radius 1 is 1.16 bits per heavy atom. The Bertz CT molecular complexity index is 963. The molecule has 0 spiro atoms. The van der Waals surface area contributed by atoms with Crippen molar-refractivity contribution < 1.29 is 29.1 Å². The number of imidazole rings is 1. The highest BCUT2D eigenvalue weighted by Gasteiger charge is 2.37. The molecule has 5 atom stereocenters. The fourth-order valence-electron chi connectivity index (χ4n) is 4.66. The quantitative estimate of drug-likeness (QED) is 0.201. The van der Waals surface area contributed by atoms with Gasteiger partial charge in [-0.25, -0.2) is 9.78 Å². The molecule has 0 aliphatic carbocycles. The second-order valence-electron chi connectivity index (χ2n) is 9.66. The molecular formula is C24H37N7O6. The molecule has 3 heterocycles. The van der Waals surface area contributed by atoms with Crippen LogP contribution in [-0.2, 0) is 30.4 Å². The summed E-state index contributed by atoms with van der Waals surface area (Å²) in [6.45, 7) is 4.59. The molecule has 37 heavy (non-hydrogen) atoms. The van der Waals surface area contributed by atoms with Gasteiger partial charge in [0.05, 0.1) is 18.9 Å². The maximum Gasteiger partial charge on any atom is 0.326 e. The van der Waals surface area contributed by atoms with Crippen LogP contribution in [0.4, 0.5) is 0 Å². The Hall–Kier alpha value is -3.48. The van der Waals surface area contributed by atoms with Crippen molar-refractivity contribution in [2.24, 2.45) is 5.92 Å². The summed E-state index contributed by atoms with van der Waals surface area (Å²) in [4.78, 5) is 71.2. The van der Waals surface area contributed by atoms with Crippen LogP contribution in [0.15, 0.2) is 12.5 Å². The normalized spacial score (nSPS) is 21.6. The zero-order valence-electron chi connectivity index (χ0n) is 21.3. The van der Waals surface area contributed by atoms with Gasteiger partial charge in [0.25, 0.3) is 0 Å². The minimum absolute atomic E-state index is 0.00917. The van der Waals surface area contributed by atoms with Gasteiger partial charge in [0.2, 0.25) is 23.6 Å². The van der Waals surface area contributed by atoms with E-state index in [1.54, 1.807) is 6.92 Å². The molecule has 204 valence electrons. The van der Waals surface area contributed by atoms with Crippen LogP contribution >= 0.6 is 0 Å². The third kappa shape index (κ3) is 7.51. The Morgan fingerprint density at radius 2 is 1.95 bits per heavy atom. The summed E-state index contributed by atoms with van der Waals surface area (Å²) in [5, 5.41) is 20.6. The van der Waals surface area contributed by atoms with Gasteiger partial charge in [-0.05, 0) is 38.1 Å². The number of amides is 4. The number of nitrogens with one attached hydrogen (secondary N) is 5. The number of hydrogen-bond acceptors (Lipinski definition) is 7. The van der Waals surface area contributed by atoms with E-state index in [1.807, 2.05) is 6.92 Å². The highest BCUT2D eigenvalue weighted by Crippen LogP contribution is 2.19. The summed E-state index contributed by atoms with van der Waals surface area (Å²) in [5.74, 6) is -3.17. The number of carboxylic acid groups (broad SMARTS) is 1. The van der Waals surface area contributed by atoms with Crippen LogP contribution in [0.2, 0.25) is 0 Å². The Morgan fingerprint density at radius 3 is 2.57 bits per heavy atom. The molecule has 1 aromatic heterocycles. The number of carbonyl (C=O) groups excluding carboxylic acids is 4. The van der Waals surface area contributed by atoms with Crippen molar-refractivity contribution in [3.05, 3.63) is 18.2 Å². The lowest BCUT2D eigenvalue weighted by molar-refractivity contribution is -0.143. The number of carboxylic acids is 1. The molecule has 13 heteroatoms. The van der Waals surface area contributed by atoms with Gasteiger partial charge >= 0.3 is 5.97 Å². The number of aliphatic carboxylic acids is 1. The van der Waals surface area contributed by atoms with Crippen LogP contribution < -0.4 is 21.3 Å². The highest BCUT2D eigenvalue weighted by molar-refractivity contribution is 5.95. The molecule has 13 nitrogen and oxygen atoms in total. The SMILES string of the molecule is CC[C@H](C)[C@H](NC(=O)[C@@H]1CCCN1C(=O)CNC(=O)[C@@H]1CCCN1)C(=O)N[C@@H](Cc1cnc[nH]1)C(=O)O. The van der Waals surface area contributed by atoms with Gasteiger partial charge in [-0.3, -0.25) is 19.2 Å². The van der Waals surface area contributed by atoms with Crippen LogP contribution in [0.3, 0.4) is 0 Å². The molecule has 1 aromatic rings. The number of aromatic amines is 1. The van der Waals surface area contributed by atoms with E-state index in [9.17, 15) is 29.1 Å². The molecule has 0 saturated carbocycles. The number of likely N-dealkylation sites (tertiary alicyclic amines) is 1. The van der Waals surface area contributed by atoms with Crippen LogP contribution in [0.1, 0.15) is 51.6 Å². The van der Waals surface area contributed by atoms with Gasteiger partial charge in [0, 0.05) is 24.9 Å². The van der Waals surface area contributed by atoms with E-state index in [4.69, 9.17) is 0 Å².